The number of benzene rings is 1. The molecule has 1 amide bonds. The Labute approximate surface area is 125 Å². The van der Waals surface area contributed by atoms with Crippen molar-refractivity contribution in [1.29, 1.82) is 0 Å². The normalized spacial score (nSPS) is 14.7. The molecule has 0 aromatic heterocycles. The fourth-order valence-electron chi connectivity index (χ4n) is 2.07. The number of rotatable bonds is 4. The molecule has 2 rings (SSSR count). The van der Waals surface area contributed by atoms with E-state index in [9.17, 15) is 9.90 Å². The highest BCUT2D eigenvalue weighted by Gasteiger charge is 2.35. The molecule has 0 radical (unpaired) electrons. The molecule has 0 bridgehead atoms. The number of carbonyl (C=O) groups excluding carboxylic acids is 1. The lowest BCUT2D eigenvalue weighted by molar-refractivity contribution is 0.0216. The predicted octanol–water partition coefficient (Wildman–Crippen LogP) is 3.30. The first kappa shape index (κ1) is 15.5. The van der Waals surface area contributed by atoms with E-state index >= 15 is 0 Å². The number of phenolic OH excluding ortho intramolecular Hbond substituents is 1. The molecule has 21 heavy (non-hydrogen) atoms. The summed E-state index contributed by atoms with van der Waals surface area (Å²) >= 11 is 0. The lowest BCUT2D eigenvalue weighted by atomic mass is 10.2. The first-order chi connectivity index (χ1) is 9.80. The van der Waals surface area contributed by atoms with Crippen LogP contribution in [0.25, 0.3) is 0 Å². The van der Waals surface area contributed by atoms with Crippen LogP contribution in [0, 0.1) is 0 Å². The Morgan fingerprint density at radius 2 is 2.05 bits per heavy atom. The highest BCUT2D eigenvalue weighted by Crippen LogP contribution is 2.32. The quantitative estimate of drug-likeness (QED) is 0.925. The van der Waals surface area contributed by atoms with Crippen molar-refractivity contribution in [2.75, 3.05) is 7.11 Å². The van der Waals surface area contributed by atoms with Crippen molar-refractivity contribution >= 4 is 6.09 Å². The Bertz CT molecular complexity index is 517. The van der Waals surface area contributed by atoms with Crippen LogP contribution >= 0.6 is 0 Å². The standard InChI is InChI=1S/C16H23NO4/c1-16(2,3)21-15(19)17(12-6-7-12)10-11-5-8-13(18)14(9-11)20-4/h5,8-9,12,18H,6-7,10H2,1-4H3. The first-order valence-electron chi connectivity index (χ1n) is 7.15. The van der Waals surface area contributed by atoms with E-state index in [1.165, 1.54) is 7.11 Å². The van der Waals surface area contributed by atoms with Gasteiger partial charge in [-0.05, 0) is 51.3 Å². The van der Waals surface area contributed by atoms with Gasteiger partial charge in [0.2, 0.25) is 0 Å². The van der Waals surface area contributed by atoms with Crippen molar-refractivity contribution < 1.29 is 19.4 Å². The van der Waals surface area contributed by atoms with E-state index in [-0.39, 0.29) is 17.9 Å². The van der Waals surface area contributed by atoms with Gasteiger partial charge < -0.3 is 19.5 Å². The third kappa shape index (κ3) is 4.28. The molecule has 5 heteroatoms. The molecule has 0 heterocycles. The fraction of sp³-hybridized carbons (Fsp3) is 0.562. The van der Waals surface area contributed by atoms with E-state index in [0.717, 1.165) is 18.4 Å². The molecule has 0 aliphatic heterocycles. The zero-order chi connectivity index (χ0) is 15.6. The molecular formula is C16H23NO4. The Balaban J connectivity index is 2.11. The first-order valence-corrected chi connectivity index (χ1v) is 7.15. The minimum atomic E-state index is -0.503. The maximum absolute atomic E-state index is 12.3. The summed E-state index contributed by atoms with van der Waals surface area (Å²) in [6.45, 7) is 6.04. The van der Waals surface area contributed by atoms with Gasteiger partial charge in [0.15, 0.2) is 11.5 Å². The van der Waals surface area contributed by atoms with E-state index in [0.29, 0.717) is 12.3 Å². The topological polar surface area (TPSA) is 59.0 Å². The van der Waals surface area contributed by atoms with Gasteiger partial charge in [0.1, 0.15) is 5.60 Å². The third-order valence-electron chi connectivity index (χ3n) is 3.21. The number of methoxy groups -OCH3 is 1. The number of aromatic hydroxyl groups is 1. The smallest absolute Gasteiger partial charge is 0.410 e. The molecule has 1 fully saturated rings. The third-order valence-corrected chi connectivity index (χ3v) is 3.21. The summed E-state index contributed by atoms with van der Waals surface area (Å²) in [7, 11) is 1.51. The van der Waals surface area contributed by atoms with E-state index < -0.39 is 5.60 Å². The molecule has 0 saturated heterocycles. The van der Waals surface area contributed by atoms with Crippen LogP contribution in [0.15, 0.2) is 18.2 Å². The van der Waals surface area contributed by atoms with Crippen LogP contribution in [0.1, 0.15) is 39.2 Å². The molecule has 1 aromatic rings. The minimum absolute atomic E-state index is 0.0940. The van der Waals surface area contributed by atoms with Crippen LogP contribution in [0.3, 0.4) is 0 Å². The van der Waals surface area contributed by atoms with Crippen molar-refractivity contribution in [2.45, 2.75) is 51.8 Å². The summed E-state index contributed by atoms with van der Waals surface area (Å²) in [6.07, 6.45) is 1.72. The molecule has 1 N–H and O–H groups in total. The average molecular weight is 293 g/mol. The number of hydrogen-bond donors (Lipinski definition) is 1. The lowest BCUT2D eigenvalue weighted by Crippen LogP contribution is -2.37. The van der Waals surface area contributed by atoms with Crippen molar-refractivity contribution in [2.24, 2.45) is 0 Å². The second kappa shape index (κ2) is 5.84. The maximum atomic E-state index is 12.3. The van der Waals surface area contributed by atoms with Gasteiger partial charge in [-0.1, -0.05) is 6.07 Å². The van der Waals surface area contributed by atoms with Gasteiger partial charge in [0.25, 0.3) is 0 Å². The van der Waals surface area contributed by atoms with Gasteiger partial charge in [0, 0.05) is 12.6 Å². The molecule has 1 saturated carbocycles. The number of amides is 1. The maximum Gasteiger partial charge on any atom is 0.410 e. The summed E-state index contributed by atoms with van der Waals surface area (Å²) in [5, 5.41) is 9.62. The molecular weight excluding hydrogens is 270 g/mol. The van der Waals surface area contributed by atoms with Crippen molar-refractivity contribution in [3.05, 3.63) is 23.8 Å². The molecule has 116 valence electrons. The van der Waals surface area contributed by atoms with Crippen LogP contribution in [0.2, 0.25) is 0 Å². The Morgan fingerprint density at radius 1 is 1.38 bits per heavy atom. The van der Waals surface area contributed by atoms with Crippen LogP contribution in [-0.4, -0.2) is 34.9 Å². The summed E-state index contributed by atoms with van der Waals surface area (Å²) in [5.41, 5.74) is 0.402. The second-order valence-electron chi connectivity index (χ2n) is 6.35. The largest absolute Gasteiger partial charge is 0.504 e. The van der Waals surface area contributed by atoms with Gasteiger partial charge in [-0.3, -0.25) is 0 Å². The van der Waals surface area contributed by atoms with Crippen molar-refractivity contribution in [1.82, 2.24) is 4.90 Å². The number of hydrogen-bond acceptors (Lipinski definition) is 4. The molecule has 1 aliphatic rings. The van der Waals surface area contributed by atoms with Gasteiger partial charge in [-0.25, -0.2) is 4.79 Å². The Kier molecular flexibility index (Phi) is 4.30. The van der Waals surface area contributed by atoms with Gasteiger partial charge in [-0.15, -0.1) is 0 Å². The van der Waals surface area contributed by atoms with E-state index in [1.54, 1.807) is 23.1 Å². The summed E-state index contributed by atoms with van der Waals surface area (Å²) in [5.74, 6) is 0.504. The second-order valence-corrected chi connectivity index (χ2v) is 6.35. The van der Waals surface area contributed by atoms with Gasteiger partial charge in [0.05, 0.1) is 7.11 Å². The molecule has 0 spiro atoms. The zero-order valence-electron chi connectivity index (χ0n) is 13.0. The lowest BCUT2D eigenvalue weighted by Gasteiger charge is -2.27. The highest BCUT2D eigenvalue weighted by atomic mass is 16.6. The highest BCUT2D eigenvalue weighted by molar-refractivity contribution is 5.69. The van der Waals surface area contributed by atoms with Crippen LogP contribution in [0.5, 0.6) is 11.5 Å². The zero-order valence-corrected chi connectivity index (χ0v) is 13.0. The molecule has 5 nitrogen and oxygen atoms in total. The van der Waals surface area contributed by atoms with Crippen LogP contribution in [0.4, 0.5) is 4.79 Å². The monoisotopic (exact) mass is 293 g/mol. The molecule has 0 atom stereocenters. The summed E-state index contributed by atoms with van der Waals surface area (Å²) in [4.78, 5) is 14.0. The van der Waals surface area contributed by atoms with Crippen LogP contribution < -0.4 is 4.74 Å². The van der Waals surface area contributed by atoms with Gasteiger partial charge in [-0.2, -0.15) is 0 Å². The van der Waals surface area contributed by atoms with Crippen molar-refractivity contribution in [3.63, 3.8) is 0 Å². The van der Waals surface area contributed by atoms with Crippen LogP contribution in [-0.2, 0) is 11.3 Å². The number of carbonyl (C=O) groups is 1. The summed E-state index contributed by atoms with van der Waals surface area (Å²) < 4.78 is 10.6. The SMILES string of the molecule is COc1cc(CN(C(=O)OC(C)(C)C)C2CC2)ccc1O. The Hall–Kier alpha value is -1.91. The van der Waals surface area contributed by atoms with Crippen molar-refractivity contribution in [3.8, 4) is 11.5 Å². The van der Waals surface area contributed by atoms with E-state index in [2.05, 4.69) is 0 Å². The number of nitrogens with zero attached hydrogens (tertiary/aromatic N) is 1. The molecule has 0 unspecified atom stereocenters. The van der Waals surface area contributed by atoms with Gasteiger partial charge >= 0.3 is 6.09 Å². The van der Waals surface area contributed by atoms with E-state index in [4.69, 9.17) is 9.47 Å². The summed E-state index contributed by atoms with van der Waals surface area (Å²) in [6, 6.07) is 5.36. The number of ether oxygens (including phenoxy) is 2. The average Bonchev–Trinajstić information content (AvgIpc) is 3.19. The van der Waals surface area contributed by atoms with E-state index in [1.807, 2.05) is 20.8 Å². The molecule has 1 aliphatic carbocycles. The predicted molar refractivity (Wildman–Crippen MR) is 79.5 cm³/mol. The molecule has 1 aromatic carbocycles. The number of phenols is 1. The minimum Gasteiger partial charge on any atom is -0.504 e. The Morgan fingerprint density at radius 3 is 2.57 bits per heavy atom. The fourth-order valence-corrected chi connectivity index (χ4v) is 2.07.